The van der Waals surface area contributed by atoms with Crippen molar-refractivity contribution in [1.82, 2.24) is 9.78 Å². The van der Waals surface area contributed by atoms with Crippen LogP contribution in [0.4, 0.5) is 0 Å². The highest BCUT2D eigenvalue weighted by molar-refractivity contribution is 9.10. The van der Waals surface area contributed by atoms with Crippen molar-refractivity contribution in [2.75, 3.05) is 7.11 Å². The Bertz CT molecular complexity index is 747. The van der Waals surface area contributed by atoms with Crippen LogP contribution in [0.1, 0.15) is 11.3 Å². The fourth-order valence-electron chi connectivity index (χ4n) is 2.34. The van der Waals surface area contributed by atoms with Crippen molar-refractivity contribution in [2.45, 2.75) is 13.5 Å². The lowest BCUT2D eigenvalue weighted by molar-refractivity contribution is 0.414. The van der Waals surface area contributed by atoms with E-state index in [9.17, 15) is 0 Å². The Kier molecular flexibility index (Phi) is 3.49. The summed E-state index contributed by atoms with van der Waals surface area (Å²) in [6.45, 7) is 2.80. The van der Waals surface area contributed by atoms with Gasteiger partial charge in [-0.15, -0.1) is 0 Å². The Hall–Kier alpha value is -1.81. The van der Waals surface area contributed by atoms with Crippen LogP contribution in [0.15, 0.2) is 46.9 Å². The predicted octanol–water partition coefficient (Wildman–Crippen LogP) is 4.16. The van der Waals surface area contributed by atoms with E-state index in [0.717, 1.165) is 28.0 Å². The molecular weight excluding hydrogens is 316 g/mol. The summed E-state index contributed by atoms with van der Waals surface area (Å²) in [6, 6.07) is 14.4. The maximum atomic E-state index is 5.18. The summed E-state index contributed by atoms with van der Waals surface area (Å²) in [4.78, 5) is 0. The number of nitrogens with zero attached hydrogens (tertiary/aromatic N) is 2. The molecule has 0 saturated heterocycles. The van der Waals surface area contributed by atoms with E-state index in [0.29, 0.717) is 0 Å². The van der Waals surface area contributed by atoms with E-state index < -0.39 is 0 Å². The normalized spacial score (nSPS) is 10.9. The lowest BCUT2D eigenvalue weighted by Crippen LogP contribution is -2.01. The highest BCUT2D eigenvalue weighted by Crippen LogP contribution is 2.23. The molecule has 3 aromatic rings. The molecule has 1 aromatic heterocycles. The van der Waals surface area contributed by atoms with Crippen molar-refractivity contribution in [3.63, 3.8) is 0 Å². The van der Waals surface area contributed by atoms with Crippen LogP contribution in [-0.4, -0.2) is 16.9 Å². The van der Waals surface area contributed by atoms with Crippen molar-refractivity contribution in [2.24, 2.45) is 0 Å². The Morgan fingerprint density at radius 1 is 1.15 bits per heavy atom. The fourth-order valence-corrected chi connectivity index (χ4v) is 2.70. The van der Waals surface area contributed by atoms with Crippen LogP contribution in [-0.2, 0) is 6.54 Å². The van der Waals surface area contributed by atoms with Crippen molar-refractivity contribution in [3.05, 3.63) is 58.2 Å². The second-order valence-electron chi connectivity index (χ2n) is 4.75. The maximum Gasteiger partial charge on any atom is 0.118 e. The number of hydrogen-bond acceptors (Lipinski definition) is 2. The van der Waals surface area contributed by atoms with Crippen molar-refractivity contribution in [3.8, 4) is 5.75 Å². The molecule has 0 radical (unpaired) electrons. The molecule has 0 amide bonds. The van der Waals surface area contributed by atoms with Crippen LogP contribution in [0.2, 0.25) is 0 Å². The highest BCUT2D eigenvalue weighted by Gasteiger charge is 2.08. The van der Waals surface area contributed by atoms with E-state index in [-0.39, 0.29) is 0 Å². The molecule has 3 nitrogen and oxygen atoms in total. The summed E-state index contributed by atoms with van der Waals surface area (Å²) in [5, 5.41) is 5.82. The third-order valence-electron chi connectivity index (χ3n) is 3.39. The smallest absolute Gasteiger partial charge is 0.118 e. The number of aryl methyl sites for hydroxylation is 1. The van der Waals surface area contributed by atoms with E-state index >= 15 is 0 Å². The molecule has 0 unspecified atom stereocenters. The fraction of sp³-hybridized carbons (Fsp3) is 0.188. The summed E-state index contributed by atoms with van der Waals surface area (Å²) < 4.78 is 8.30. The minimum Gasteiger partial charge on any atom is -0.497 e. The van der Waals surface area contributed by atoms with Gasteiger partial charge in [0.1, 0.15) is 5.75 Å². The molecule has 2 aromatic carbocycles. The third kappa shape index (κ3) is 2.43. The average Bonchev–Trinajstić information content (AvgIpc) is 2.76. The summed E-state index contributed by atoms with van der Waals surface area (Å²) >= 11 is 3.51. The summed E-state index contributed by atoms with van der Waals surface area (Å²) in [5.74, 6) is 0.874. The Morgan fingerprint density at radius 2 is 1.90 bits per heavy atom. The first-order valence-electron chi connectivity index (χ1n) is 6.43. The first kappa shape index (κ1) is 13.2. The van der Waals surface area contributed by atoms with Gasteiger partial charge in [-0.05, 0) is 42.8 Å². The number of hydrogen-bond donors (Lipinski definition) is 0. The second-order valence-corrected chi connectivity index (χ2v) is 5.67. The Balaban J connectivity index is 1.97. The summed E-state index contributed by atoms with van der Waals surface area (Å²) in [6.07, 6.45) is 0. The molecule has 0 atom stereocenters. The van der Waals surface area contributed by atoms with E-state index in [2.05, 4.69) is 45.3 Å². The third-order valence-corrected chi connectivity index (χ3v) is 3.88. The van der Waals surface area contributed by atoms with Crippen LogP contribution in [0.5, 0.6) is 5.75 Å². The zero-order valence-electron chi connectivity index (χ0n) is 11.4. The molecule has 0 fully saturated rings. The first-order valence-corrected chi connectivity index (χ1v) is 7.22. The van der Waals surface area contributed by atoms with Gasteiger partial charge in [-0.25, -0.2) is 0 Å². The Morgan fingerprint density at radius 3 is 2.60 bits per heavy atom. The second kappa shape index (κ2) is 5.29. The van der Waals surface area contributed by atoms with Gasteiger partial charge < -0.3 is 4.74 Å². The van der Waals surface area contributed by atoms with Crippen LogP contribution >= 0.6 is 15.9 Å². The number of fused-ring (bicyclic) bond motifs is 1. The van der Waals surface area contributed by atoms with Crippen LogP contribution < -0.4 is 4.74 Å². The molecule has 0 spiro atoms. The van der Waals surface area contributed by atoms with E-state index in [1.807, 2.05) is 29.8 Å². The zero-order valence-corrected chi connectivity index (χ0v) is 13.0. The van der Waals surface area contributed by atoms with Gasteiger partial charge in [-0.2, -0.15) is 5.10 Å². The average molecular weight is 331 g/mol. The van der Waals surface area contributed by atoms with E-state index in [1.165, 1.54) is 10.9 Å². The first-order chi connectivity index (χ1) is 9.67. The monoisotopic (exact) mass is 330 g/mol. The predicted molar refractivity (Wildman–Crippen MR) is 84.3 cm³/mol. The van der Waals surface area contributed by atoms with Gasteiger partial charge >= 0.3 is 0 Å². The number of benzene rings is 2. The Labute approximate surface area is 126 Å². The zero-order chi connectivity index (χ0) is 14.1. The van der Waals surface area contributed by atoms with Crippen molar-refractivity contribution < 1.29 is 4.74 Å². The molecule has 0 aliphatic carbocycles. The molecule has 20 heavy (non-hydrogen) atoms. The van der Waals surface area contributed by atoms with E-state index in [4.69, 9.17) is 4.74 Å². The minimum absolute atomic E-state index is 0.760. The quantitative estimate of drug-likeness (QED) is 0.720. The van der Waals surface area contributed by atoms with E-state index in [1.54, 1.807) is 7.11 Å². The number of methoxy groups -OCH3 is 1. The number of rotatable bonds is 3. The molecule has 0 aliphatic heterocycles. The van der Waals surface area contributed by atoms with Crippen molar-refractivity contribution in [1.29, 1.82) is 0 Å². The van der Waals surface area contributed by atoms with Crippen molar-refractivity contribution >= 4 is 26.8 Å². The SMILES string of the molecule is COc1ccc(Cn2nc(C)c3cc(Br)ccc32)cc1. The molecule has 0 aliphatic rings. The number of aromatic nitrogens is 2. The molecule has 0 bridgehead atoms. The molecular formula is C16H15BrN2O. The molecule has 0 N–H and O–H groups in total. The molecule has 0 saturated carbocycles. The van der Waals surface area contributed by atoms with Gasteiger partial charge in [0.05, 0.1) is 24.9 Å². The van der Waals surface area contributed by atoms with Gasteiger partial charge in [0.15, 0.2) is 0 Å². The summed E-state index contributed by atoms with van der Waals surface area (Å²) in [7, 11) is 1.68. The molecule has 1 heterocycles. The highest BCUT2D eigenvalue weighted by atomic mass is 79.9. The van der Waals surface area contributed by atoms with Crippen LogP contribution in [0.3, 0.4) is 0 Å². The van der Waals surface area contributed by atoms with Gasteiger partial charge in [0.25, 0.3) is 0 Å². The number of halogens is 1. The van der Waals surface area contributed by atoms with Gasteiger partial charge in [0, 0.05) is 9.86 Å². The van der Waals surface area contributed by atoms with Gasteiger partial charge in [0.2, 0.25) is 0 Å². The lowest BCUT2D eigenvalue weighted by Gasteiger charge is -2.05. The standard InChI is InChI=1S/C16H15BrN2O/c1-11-15-9-13(17)5-8-16(15)19(18-11)10-12-3-6-14(20-2)7-4-12/h3-9H,10H2,1-2H3. The number of ether oxygens (including phenoxy) is 1. The van der Waals surface area contributed by atoms with Crippen LogP contribution in [0, 0.1) is 6.92 Å². The lowest BCUT2D eigenvalue weighted by atomic mass is 10.2. The minimum atomic E-state index is 0.760. The maximum absolute atomic E-state index is 5.18. The topological polar surface area (TPSA) is 27.1 Å². The summed E-state index contributed by atoms with van der Waals surface area (Å²) in [5.41, 5.74) is 3.41. The van der Waals surface area contributed by atoms with Gasteiger partial charge in [-0.1, -0.05) is 28.1 Å². The van der Waals surface area contributed by atoms with Crippen LogP contribution in [0.25, 0.3) is 10.9 Å². The molecule has 4 heteroatoms. The largest absolute Gasteiger partial charge is 0.497 e. The molecule has 3 rings (SSSR count). The molecule has 102 valence electrons. The van der Waals surface area contributed by atoms with Gasteiger partial charge in [-0.3, -0.25) is 4.68 Å².